The summed E-state index contributed by atoms with van der Waals surface area (Å²) in [5.41, 5.74) is 2.09. The van der Waals surface area contributed by atoms with Crippen LogP contribution in [-0.4, -0.2) is 35.2 Å². The van der Waals surface area contributed by atoms with Crippen molar-refractivity contribution < 1.29 is 4.79 Å². The Morgan fingerprint density at radius 1 is 1.43 bits per heavy atom. The lowest BCUT2D eigenvalue weighted by molar-refractivity contribution is 0.0931. The molecule has 0 unspecified atom stereocenters. The van der Waals surface area contributed by atoms with Gasteiger partial charge in [-0.15, -0.1) is 0 Å². The zero-order valence-corrected chi connectivity index (χ0v) is 12.3. The summed E-state index contributed by atoms with van der Waals surface area (Å²) < 4.78 is 0. The van der Waals surface area contributed by atoms with Gasteiger partial charge in [-0.3, -0.25) is 9.89 Å². The number of hydrogen-bond acceptors (Lipinski definition) is 3. The molecule has 2 heterocycles. The van der Waals surface area contributed by atoms with Gasteiger partial charge < -0.3 is 10.6 Å². The topological polar surface area (TPSA) is 69.8 Å². The molecule has 1 atom stereocenters. The molecular weight excluding hydrogens is 288 g/mol. The van der Waals surface area contributed by atoms with Gasteiger partial charge in [0.1, 0.15) is 0 Å². The zero-order chi connectivity index (χ0) is 14.7. The summed E-state index contributed by atoms with van der Waals surface area (Å²) >= 11 is 6.01. The van der Waals surface area contributed by atoms with E-state index in [1.54, 1.807) is 12.3 Å². The van der Waals surface area contributed by atoms with Crippen molar-refractivity contribution in [1.82, 2.24) is 20.8 Å². The van der Waals surface area contributed by atoms with Gasteiger partial charge in [0, 0.05) is 23.2 Å². The first-order valence-corrected chi connectivity index (χ1v) is 7.43. The number of hydrogen-bond donors (Lipinski definition) is 3. The number of aromatic amines is 1. The van der Waals surface area contributed by atoms with E-state index in [2.05, 4.69) is 20.8 Å². The highest BCUT2D eigenvalue weighted by molar-refractivity contribution is 6.30. The second kappa shape index (κ2) is 6.28. The smallest absolute Gasteiger partial charge is 0.255 e. The Hall–Kier alpha value is -1.85. The van der Waals surface area contributed by atoms with E-state index >= 15 is 0 Å². The van der Waals surface area contributed by atoms with Crippen LogP contribution in [0.25, 0.3) is 11.3 Å². The third-order valence-electron chi connectivity index (χ3n) is 3.63. The van der Waals surface area contributed by atoms with Gasteiger partial charge in [-0.2, -0.15) is 5.10 Å². The van der Waals surface area contributed by atoms with E-state index in [0.717, 1.165) is 31.5 Å². The second-order valence-electron chi connectivity index (χ2n) is 5.19. The molecule has 5 nitrogen and oxygen atoms in total. The molecule has 110 valence electrons. The molecule has 1 aromatic heterocycles. The number of nitrogens with one attached hydrogen (secondary N) is 3. The van der Waals surface area contributed by atoms with E-state index in [4.69, 9.17) is 11.6 Å². The summed E-state index contributed by atoms with van der Waals surface area (Å²) in [5.74, 6) is -0.104. The summed E-state index contributed by atoms with van der Waals surface area (Å²) in [5, 5.41) is 13.8. The average Bonchev–Trinajstić information content (AvgIpc) is 2.98. The van der Waals surface area contributed by atoms with Crippen LogP contribution >= 0.6 is 11.6 Å². The fourth-order valence-corrected chi connectivity index (χ4v) is 2.75. The van der Waals surface area contributed by atoms with Crippen LogP contribution in [0, 0.1) is 0 Å². The Kier molecular flexibility index (Phi) is 4.22. The first kappa shape index (κ1) is 14.1. The van der Waals surface area contributed by atoms with Gasteiger partial charge in [-0.05, 0) is 31.5 Å². The number of carbonyl (C=O) groups is 1. The van der Waals surface area contributed by atoms with Crippen molar-refractivity contribution in [3.05, 3.63) is 41.0 Å². The van der Waals surface area contributed by atoms with Crippen LogP contribution < -0.4 is 10.6 Å². The van der Waals surface area contributed by atoms with E-state index in [-0.39, 0.29) is 11.9 Å². The standard InChI is InChI=1S/C15H17ClN4O/c16-11-4-1-3-10(7-11)14-13(9-18-20-14)15(21)19-12-5-2-6-17-8-12/h1,3-4,7,9,12,17H,2,5-6,8H2,(H,18,20)(H,19,21)/t12-/m0/s1. The Balaban J connectivity index is 1.79. The number of H-pyrrole nitrogens is 1. The highest BCUT2D eigenvalue weighted by atomic mass is 35.5. The Labute approximate surface area is 128 Å². The van der Waals surface area contributed by atoms with E-state index in [9.17, 15) is 4.79 Å². The van der Waals surface area contributed by atoms with Crippen molar-refractivity contribution in [2.45, 2.75) is 18.9 Å². The molecule has 1 aromatic carbocycles. The SMILES string of the molecule is O=C(N[C@H]1CCCNC1)c1cn[nH]c1-c1cccc(Cl)c1. The lowest BCUT2D eigenvalue weighted by Gasteiger charge is -2.23. The zero-order valence-electron chi connectivity index (χ0n) is 11.5. The lowest BCUT2D eigenvalue weighted by Crippen LogP contribution is -2.45. The molecule has 6 heteroatoms. The molecule has 0 saturated carbocycles. The van der Waals surface area contributed by atoms with Crippen molar-refractivity contribution in [1.29, 1.82) is 0 Å². The number of aromatic nitrogens is 2. The average molecular weight is 305 g/mol. The minimum atomic E-state index is -0.104. The van der Waals surface area contributed by atoms with Crippen molar-refractivity contribution in [2.24, 2.45) is 0 Å². The molecule has 1 aliphatic rings. The fourth-order valence-electron chi connectivity index (χ4n) is 2.56. The van der Waals surface area contributed by atoms with E-state index in [1.807, 2.05) is 18.2 Å². The molecule has 3 N–H and O–H groups in total. The molecular formula is C15H17ClN4O. The molecule has 3 rings (SSSR count). The molecule has 0 spiro atoms. The van der Waals surface area contributed by atoms with Crippen LogP contribution in [0.4, 0.5) is 0 Å². The van der Waals surface area contributed by atoms with Crippen LogP contribution in [0.5, 0.6) is 0 Å². The third kappa shape index (κ3) is 3.25. The van der Waals surface area contributed by atoms with Gasteiger partial charge in [-0.1, -0.05) is 23.7 Å². The molecule has 0 bridgehead atoms. The summed E-state index contributed by atoms with van der Waals surface area (Å²) in [6, 6.07) is 7.54. The molecule has 0 radical (unpaired) electrons. The summed E-state index contributed by atoms with van der Waals surface area (Å²) in [6.45, 7) is 1.84. The van der Waals surface area contributed by atoms with Gasteiger partial charge >= 0.3 is 0 Å². The van der Waals surface area contributed by atoms with Gasteiger partial charge in [0.05, 0.1) is 17.5 Å². The van der Waals surface area contributed by atoms with Gasteiger partial charge in [0.2, 0.25) is 0 Å². The minimum absolute atomic E-state index is 0.104. The van der Waals surface area contributed by atoms with Gasteiger partial charge in [0.25, 0.3) is 5.91 Å². The number of benzene rings is 1. The number of piperidine rings is 1. The Morgan fingerprint density at radius 3 is 3.10 bits per heavy atom. The Morgan fingerprint density at radius 2 is 2.33 bits per heavy atom. The van der Waals surface area contributed by atoms with E-state index < -0.39 is 0 Å². The molecule has 0 aliphatic carbocycles. The highest BCUT2D eigenvalue weighted by Crippen LogP contribution is 2.24. The van der Waals surface area contributed by atoms with Crippen LogP contribution in [0.2, 0.25) is 5.02 Å². The maximum Gasteiger partial charge on any atom is 0.255 e. The monoisotopic (exact) mass is 304 g/mol. The summed E-state index contributed by atoms with van der Waals surface area (Å²) in [4.78, 5) is 12.4. The maximum atomic E-state index is 12.4. The molecule has 1 fully saturated rings. The molecule has 2 aromatic rings. The number of amides is 1. The van der Waals surface area contributed by atoms with Crippen LogP contribution in [0.1, 0.15) is 23.2 Å². The van der Waals surface area contributed by atoms with Crippen molar-refractivity contribution in [2.75, 3.05) is 13.1 Å². The predicted molar refractivity (Wildman–Crippen MR) is 82.4 cm³/mol. The van der Waals surface area contributed by atoms with Crippen LogP contribution in [0.15, 0.2) is 30.5 Å². The fraction of sp³-hybridized carbons (Fsp3) is 0.333. The summed E-state index contributed by atoms with van der Waals surface area (Å²) in [7, 11) is 0. The van der Waals surface area contributed by atoms with Crippen molar-refractivity contribution in [3.63, 3.8) is 0 Å². The van der Waals surface area contributed by atoms with Crippen LogP contribution in [-0.2, 0) is 0 Å². The molecule has 1 saturated heterocycles. The first-order chi connectivity index (χ1) is 10.2. The van der Waals surface area contributed by atoms with Crippen molar-refractivity contribution in [3.8, 4) is 11.3 Å². The van der Waals surface area contributed by atoms with Gasteiger partial charge in [-0.25, -0.2) is 0 Å². The van der Waals surface area contributed by atoms with Crippen molar-refractivity contribution >= 4 is 17.5 Å². The van der Waals surface area contributed by atoms with Gasteiger partial charge in [0.15, 0.2) is 0 Å². The van der Waals surface area contributed by atoms with E-state index in [0.29, 0.717) is 16.3 Å². The summed E-state index contributed by atoms with van der Waals surface area (Å²) in [6.07, 6.45) is 3.64. The third-order valence-corrected chi connectivity index (χ3v) is 3.86. The molecule has 1 aliphatic heterocycles. The second-order valence-corrected chi connectivity index (χ2v) is 5.62. The number of carbonyl (C=O) groups excluding carboxylic acids is 1. The quantitative estimate of drug-likeness (QED) is 0.814. The number of halogens is 1. The normalized spacial score (nSPS) is 18.4. The Bertz CT molecular complexity index is 634. The number of rotatable bonds is 3. The molecule has 1 amide bonds. The molecule has 21 heavy (non-hydrogen) atoms. The first-order valence-electron chi connectivity index (χ1n) is 7.05. The maximum absolute atomic E-state index is 12.4. The lowest BCUT2D eigenvalue weighted by atomic mass is 10.1. The van der Waals surface area contributed by atoms with Crippen LogP contribution in [0.3, 0.4) is 0 Å². The highest BCUT2D eigenvalue weighted by Gasteiger charge is 2.20. The predicted octanol–water partition coefficient (Wildman–Crippen LogP) is 2.21. The number of nitrogens with zero attached hydrogens (tertiary/aromatic N) is 1. The minimum Gasteiger partial charge on any atom is -0.348 e. The largest absolute Gasteiger partial charge is 0.348 e. The van der Waals surface area contributed by atoms with E-state index in [1.165, 1.54) is 0 Å².